The second-order valence-corrected chi connectivity index (χ2v) is 4.59. The summed E-state index contributed by atoms with van der Waals surface area (Å²) in [5.74, 6) is -0.936. The second kappa shape index (κ2) is 6.19. The molecular formula is C14H19NO3. The molecule has 1 N–H and O–H groups in total. The molecule has 0 aliphatic heterocycles. The second-order valence-electron chi connectivity index (χ2n) is 4.59. The molecule has 4 heteroatoms. The van der Waals surface area contributed by atoms with E-state index in [1.165, 1.54) is 0 Å². The van der Waals surface area contributed by atoms with E-state index >= 15 is 0 Å². The fraction of sp³-hybridized carbons (Fsp3) is 0.429. The van der Waals surface area contributed by atoms with Crippen LogP contribution >= 0.6 is 0 Å². The van der Waals surface area contributed by atoms with Crippen LogP contribution in [-0.4, -0.2) is 18.0 Å². The lowest BCUT2D eigenvalue weighted by atomic mass is 10.2. The molecule has 98 valence electrons. The summed E-state index contributed by atoms with van der Waals surface area (Å²) < 4.78 is 5.02. The Labute approximate surface area is 107 Å². The first-order chi connectivity index (χ1) is 8.40. The number of ether oxygens (including phenoxy) is 1. The molecule has 4 nitrogen and oxygen atoms in total. The van der Waals surface area contributed by atoms with E-state index in [1.807, 2.05) is 31.2 Å². The first-order valence-corrected chi connectivity index (χ1v) is 5.98. The molecule has 0 aromatic heterocycles. The number of anilines is 1. The molecule has 0 aliphatic rings. The number of carbonyl (C=O) groups is 2. The van der Waals surface area contributed by atoms with Gasteiger partial charge in [-0.05, 0) is 26.0 Å². The third kappa shape index (κ3) is 4.20. The minimum atomic E-state index is -0.791. The number of benzene rings is 1. The molecular weight excluding hydrogens is 230 g/mol. The Morgan fingerprint density at radius 3 is 2.17 bits per heavy atom. The van der Waals surface area contributed by atoms with E-state index in [4.69, 9.17) is 4.74 Å². The molecule has 0 spiro atoms. The van der Waals surface area contributed by atoms with Gasteiger partial charge in [-0.25, -0.2) is 0 Å². The SMILES string of the molecule is Cc1ccc(NC(=O)[C@H](C)OC(=O)C(C)C)cc1. The minimum Gasteiger partial charge on any atom is -0.452 e. The standard InChI is InChI=1S/C14H19NO3/c1-9(2)14(17)18-11(4)13(16)15-12-7-5-10(3)6-8-12/h5-9,11H,1-4H3,(H,15,16)/t11-/m0/s1. The Kier molecular flexibility index (Phi) is 4.89. The average molecular weight is 249 g/mol. The molecule has 0 saturated heterocycles. The third-order valence-corrected chi connectivity index (χ3v) is 2.45. The topological polar surface area (TPSA) is 55.4 Å². The molecule has 0 radical (unpaired) electrons. The molecule has 1 atom stereocenters. The Morgan fingerprint density at radius 1 is 1.11 bits per heavy atom. The highest BCUT2D eigenvalue weighted by Gasteiger charge is 2.19. The molecule has 1 rings (SSSR count). The number of rotatable bonds is 4. The molecule has 0 unspecified atom stereocenters. The van der Waals surface area contributed by atoms with Crippen LogP contribution in [0.2, 0.25) is 0 Å². The molecule has 0 aliphatic carbocycles. The van der Waals surface area contributed by atoms with Crippen molar-refractivity contribution < 1.29 is 14.3 Å². The average Bonchev–Trinajstić information content (AvgIpc) is 2.31. The number of nitrogens with one attached hydrogen (secondary N) is 1. The summed E-state index contributed by atoms with van der Waals surface area (Å²) >= 11 is 0. The van der Waals surface area contributed by atoms with Crippen LogP contribution in [0, 0.1) is 12.8 Å². The van der Waals surface area contributed by atoms with Gasteiger partial charge in [0.1, 0.15) is 0 Å². The van der Waals surface area contributed by atoms with Crippen LogP contribution in [-0.2, 0) is 14.3 Å². The van der Waals surface area contributed by atoms with Gasteiger partial charge >= 0.3 is 5.97 Å². The molecule has 1 amide bonds. The van der Waals surface area contributed by atoms with Crippen LogP contribution in [0.3, 0.4) is 0 Å². The van der Waals surface area contributed by atoms with Crippen molar-refractivity contribution in [2.24, 2.45) is 5.92 Å². The highest BCUT2D eigenvalue weighted by Crippen LogP contribution is 2.10. The van der Waals surface area contributed by atoms with Crippen molar-refractivity contribution in [2.75, 3.05) is 5.32 Å². The van der Waals surface area contributed by atoms with E-state index in [-0.39, 0.29) is 17.8 Å². The zero-order valence-electron chi connectivity index (χ0n) is 11.2. The van der Waals surface area contributed by atoms with Crippen LogP contribution in [0.15, 0.2) is 24.3 Å². The van der Waals surface area contributed by atoms with Gasteiger partial charge in [0.15, 0.2) is 6.10 Å². The van der Waals surface area contributed by atoms with Gasteiger partial charge in [0, 0.05) is 5.69 Å². The molecule has 0 bridgehead atoms. The summed E-state index contributed by atoms with van der Waals surface area (Å²) in [4.78, 5) is 23.1. The van der Waals surface area contributed by atoms with Gasteiger partial charge in [0.25, 0.3) is 5.91 Å². The maximum atomic E-state index is 11.8. The van der Waals surface area contributed by atoms with Crippen LogP contribution in [0.1, 0.15) is 26.3 Å². The molecule has 18 heavy (non-hydrogen) atoms. The van der Waals surface area contributed by atoms with Crippen molar-refractivity contribution in [3.05, 3.63) is 29.8 Å². The van der Waals surface area contributed by atoms with Crippen LogP contribution in [0.25, 0.3) is 0 Å². The minimum absolute atomic E-state index is 0.236. The third-order valence-electron chi connectivity index (χ3n) is 2.45. The van der Waals surface area contributed by atoms with E-state index in [0.29, 0.717) is 5.69 Å². The van der Waals surface area contributed by atoms with Gasteiger partial charge in [-0.3, -0.25) is 9.59 Å². The van der Waals surface area contributed by atoms with Crippen molar-refractivity contribution in [3.8, 4) is 0 Å². The predicted octanol–water partition coefficient (Wildman–Crippen LogP) is 2.52. The van der Waals surface area contributed by atoms with E-state index in [1.54, 1.807) is 20.8 Å². The maximum Gasteiger partial charge on any atom is 0.309 e. The molecule has 1 aromatic rings. The zero-order valence-corrected chi connectivity index (χ0v) is 11.2. The molecule has 0 saturated carbocycles. The monoisotopic (exact) mass is 249 g/mol. The lowest BCUT2D eigenvalue weighted by Gasteiger charge is -2.14. The van der Waals surface area contributed by atoms with Crippen LogP contribution in [0.5, 0.6) is 0 Å². The summed E-state index contributed by atoms with van der Waals surface area (Å²) in [7, 11) is 0. The Morgan fingerprint density at radius 2 is 1.67 bits per heavy atom. The quantitative estimate of drug-likeness (QED) is 0.834. The van der Waals surface area contributed by atoms with Gasteiger partial charge in [-0.15, -0.1) is 0 Å². The van der Waals surface area contributed by atoms with E-state index in [9.17, 15) is 9.59 Å². The van der Waals surface area contributed by atoms with Gasteiger partial charge in [-0.2, -0.15) is 0 Å². The summed E-state index contributed by atoms with van der Waals surface area (Å²) in [6, 6.07) is 7.43. The predicted molar refractivity (Wildman–Crippen MR) is 70.2 cm³/mol. The largest absolute Gasteiger partial charge is 0.452 e. The summed E-state index contributed by atoms with van der Waals surface area (Å²) in [6.07, 6.45) is -0.791. The fourth-order valence-corrected chi connectivity index (χ4v) is 1.24. The van der Waals surface area contributed by atoms with Gasteiger partial charge in [0.2, 0.25) is 0 Å². The van der Waals surface area contributed by atoms with Crippen molar-refractivity contribution in [3.63, 3.8) is 0 Å². The first kappa shape index (κ1) is 14.2. The molecule has 1 aromatic carbocycles. The summed E-state index contributed by atoms with van der Waals surface area (Å²) in [6.45, 7) is 6.99. The van der Waals surface area contributed by atoms with Crippen molar-refractivity contribution in [2.45, 2.75) is 33.8 Å². The van der Waals surface area contributed by atoms with Gasteiger partial charge in [0.05, 0.1) is 5.92 Å². The van der Waals surface area contributed by atoms with Crippen molar-refractivity contribution in [1.82, 2.24) is 0 Å². The van der Waals surface area contributed by atoms with E-state index in [2.05, 4.69) is 5.32 Å². The lowest BCUT2D eigenvalue weighted by molar-refractivity contribution is -0.156. The maximum absolute atomic E-state index is 11.8. The number of esters is 1. The molecule has 0 heterocycles. The van der Waals surface area contributed by atoms with Crippen LogP contribution < -0.4 is 5.32 Å². The molecule has 0 fully saturated rings. The van der Waals surface area contributed by atoms with Crippen molar-refractivity contribution >= 4 is 17.6 Å². The smallest absolute Gasteiger partial charge is 0.309 e. The zero-order chi connectivity index (χ0) is 13.7. The number of hydrogen-bond donors (Lipinski definition) is 1. The van der Waals surface area contributed by atoms with Crippen molar-refractivity contribution in [1.29, 1.82) is 0 Å². The Bertz CT molecular complexity index is 423. The number of hydrogen-bond acceptors (Lipinski definition) is 3. The van der Waals surface area contributed by atoms with Gasteiger partial charge < -0.3 is 10.1 Å². The highest BCUT2D eigenvalue weighted by atomic mass is 16.5. The van der Waals surface area contributed by atoms with E-state index in [0.717, 1.165) is 5.56 Å². The number of amides is 1. The fourth-order valence-electron chi connectivity index (χ4n) is 1.24. The first-order valence-electron chi connectivity index (χ1n) is 5.98. The van der Waals surface area contributed by atoms with Crippen LogP contribution in [0.4, 0.5) is 5.69 Å². The summed E-state index contributed by atoms with van der Waals surface area (Å²) in [5, 5.41) is 2.70. The Balaban J connectivity index is 2.54. The van der Waals surface area contributed by atoms with E-state index < -0.39 is 6.10 Å². The lowest BCUT2D eigenvalue weighted by Crippen LogP contribution is -2.31. The van der Waals surface area contributed by atoms with Gasteiger partial charge in [-0.1, -0.05) is 31.5 Å². The summed E-state index contributed by atoms with van der Waals surface area (Å²) in [5.41, 5.74) is 1.81. The number of carbonyl (C=O) groups excluding carboxylic acids is 2. The number of aryl methyl sites for hydroxylation is 1. The Hall–Kier alpha value is -1.84. The highest BCUT2D eigenvalue weighted by molar-refractivity contribution is 5.95. The normalized spacial score (nSPS) is 12.1.